The summed E-state index contributed by atoms with van der Waals surface area (Å²) in [6, 6.07) is 57.8. The van der Waals surface area contributed by atoms with E-state index >= 15 is 0 Å². The van der Waals surface area contributed by atoms with E-state index in [2.05, 4.69) is 196 Å². The molecule has 1 atom stereocenters. The van der Waals surface area contributed by atoms with Gasteiger partial charge >= 0.3 is 20.1 Å². The largest absolute Gasteiger partial charge is 3.00 e. The molecule has 1 aliphatic heterocycles. The molecule has 1 aromatic heterocycles. The summed E-state index contributed by atoms with van der Waals surface area (Å²) in [6.45, 7) is 15.7. The van der Waals surface area contributed by atoms with Crippen LogP contribution in [-0.2, 0) is 20.1 Å². The van der Waals surface area contributed by atoms with E-state index in [9.17, 15) is 0 Å². The summed E-state index contributed by atoms with van der Waals surface area (Å²) >= 11 is 0. The number of imidazole rings is 1. The van der Waals surface area contributed by atoms with Crippen molar-refractivity contribution in [3.05, 3.63) is 216 Å². The van der Waals surface area contributed by atoms with E-state index in [1.807, 2.05) is 36.5 Å². The summed E-state index contributed by atoms with van der Waals surface area (Å²) in [4.78, 5) is 6.93. The van der Waals surface area contributed by atoms with Gasteiger partial charge in [-0.2, -0.15) is 30.3 Å². The van der Waals surface area contributed by atoms with Crippen molar-refractivity contribution in [1.82, 2.24) is 9.55 Å². The molecule has 0 radical (unpaired) electrons. The Hall–Kier alpha value is -5.28. The molecule has 4 heteroatoms. The van der Waals surface area contributed by atoms with Crippen LogP contribution >= 0.6 is 0 Å². The minimum atomic E-state index is 0. The molecule has 7 aromatic rings. The molecule has 1 unspecified atom stereocenters. The van der Waals surface area contributed by atoms with Gasteiger partial charge in [-0.1, -0.05) is 136 Å². The van der Waals surface area contributed by atoms with Crippen LogP contribution in [0.1, 0.15) is 84.4 Å². The van der Waals surface area contributed by atoms with Crippen LogP contribution in [0.5, 0.6) is 0 Å². The zero-order chi connectivity index (χ0) is 37.6. The number of aromatic nitrogens is 2. The predicted octanol–water partition coefficient (Wildman–Crippen LogP) is 13.0. The molecular formula is C51H48IrN3. The minimum absolute atomic E-state index is 0. The van der Waals surface area contributed by atoms with Crippen molar-refractivity contribution in [2.24, 2.45) is 0 Å². The molecule has 0 saturated heterocycles. The summed E-state index contributed by atoms with van der Waals surface area (Å²) in [7, 11) is 0. The fourth-order valence-corrected chi connectivity index (χ4v) is 7.51. The topological polar surface area (TPSA) is 21.1 Å². The third kappa shape index (κ3) is 8.37. The van der Waals surface area contributed by atoms with E-state index in [4.69, 9.17) is 0 Å². The van der Waals surface area contributed by atoms with Gasteiger partial charge in [-0.3, -0.25) is 4.98 Å². The third-order valence-electron chi connectivity index (χ3n) is 10.2. The van der Waals surface area contributed by atoms with Crippen LogP contribution in [0.15, 0.2) is 158 Å². The maximum absolute atomic E-state index is 4.60. The summed E-state index contributed by atoms with van der Waals surface area (Å²) in [5.74, 6) is 2.02. The van der Waals surface area contributed by atoms with Crippen LogP contribution in [0.2, 0.25) is 0 Å². The van der Waals surface area contributed by atoms with Crippen molar-refractivity contribution in [1.29, 1.82) is 0 Å². The smallest absolute Gasteiger partial charge is 0.513 e. The predicted molar refractivity (Wildman–Crippen MR) is 226 cm³/mol. The zero-order valence-corrected chi connectivity index (χ0v) is 34.9. The fourth-order valence-electron chi connectivity index (χ4n) is 7.51. The summed E-state index contributed by atoms with van der Waals surface area (Å²) in [6.07, 6.45) is 3.93. The van der Waals surface area contributed by atoms with E-state index in [1.54, 1.807) is 0 Å². The molecule has 0 bridgehead atoms. The molecule has 276 valence electrons. The van der Waals surface area contributed by atoms with Gasteiger partial charge in [-0.25, -0.2) is 6.54 Å². The van der Waals surface area contributed by atoms with Crippen LogP contribution in [0, 0.1) is 32.5 Å². The second-order valence-electron chi connectivity index (χ2n) is 14.5. The van der Waals surface area contributed by atoms with Crippen molar-refractivity contribution in [3.8, 4) is 17.1 Å². The quantitative estimate of drug-likeness (QED) is 0.142. The summed E-state index contributed by atoms with van der Waals surface area (Å²) in [5.41, 5.74) is 15.0. The third-order valence-corrected chi connectivity index (χ3v) is 10.2. The standard InChI is InChI=1S/C30H25N.C21H23N2.Ir/c1-22-13-9-11-19-26(22)29-28(24-15-5-3-6-16-24)21-31(25-17-7-4-8-18-25)30(29)27-20-12-10-14-23(27)2;1-15(2)18-11-8-12-19(16(3)4)20(18)23-14-13-22-21(23)17-9-6-5-7-10-17;/h3-17,19-21,28H,1-2H3;5-9,11-16H,1-4H3;/q-2;-1;+3. The summed E-state index contributed by atoms with van der Waals surface area (Å²) in [5, 5.41) is 0. The molecule has 0 aliphatic carbocycles. The Balaban J connectivity index is 0.000000192. The number of anilines is 1. The van der Waals surface area contributed by atoms with E-state index in [0.717, 1.165) is 17.1 Å². The first-order chi connectivity index (χ1) is 26.3. The van der Waals surface area contributed by atoms with Crippen molar-refractivity contribution in [3.63, 3.8) is 0 Å². The number of benzene rings is 6. The molecular weight excluding hydrogens is 847 g/mol. The second kappa shape index (κ2) is 17.9. The molecule has 55 heavy (non-hydrogen) atoms. The Morgan fingerprint density at radius 1 is 0.618 bits per heavy atom. The van der Waals surface area contributed by atoms with Crippen LogP contribution in [-0.4, -0.2) is 9.55 Å². The van der Waals surface area contributed by atoms with Crippen LogP contribution in [0.3, 0.4) is 0 Å². The van der Waals surface area contributed by atoms with E-state index in [1.165, 1.54) is 55.9 Å². The van der Waals surface area contributed by atoms with E-state index in [-0.39, 0.29) is 26.0 Å². The molecule has 0 fully saturated rings. The average molecular weight is 895 g/mol. The zero-order valence-electron chi connectivity index (χ0n) is 32.5. The Labute approximate surface area is 341 Å². The molecule has 0 spiro atoms. The number of nitrogens with zero attached hydrogens (tertiary/aromatic N) is 3. The first-order valence-electron chi connectivity index (χ1n) is 19.0. The SMILES string of the molecule is CC(C)c1cccc(C(C)C)c1-n1ccnc1-c1[c-]cccc1.Cc1ccccc1C1=C(c2ccccc2C)N(c2[c-]cccc2)[CH-]C1c1ccccc1.[Ir+3]. The van der Waals surface area contributed by atoms with Gasteiger partial charge in [0.15, 0.2) is 0 Å². The number of aryl methyl sites for hydroxylation is 2. The second-order valence-corrected chi connectivity index (χ2v) is 14.5. The molecule has 6 aromatic carbocycles. The molecule has 0 N–H and O–H groups in total. The molecule has 0 amide bonds. The van der Waals surface area contributed by atoms with Crippen molar-refractivity contribution in [2.75, 3.05) is 4.90 Å². The van der Waals surface area contributed by atoms with E-state index < -0.39 is 0 Å². The molecule has 1 aliphatic rings. The molecule has 0 saturated carbocycles. The van der Waals surface area contributed by atoms with Gasteiger partial charge in [0, 0.05) is 23.8 Å². The van der Waals surface area contributed by atoms with Gasteiger partial charge in [0.05, 0.1) is 5.82 Å². The minimum Gasteiger partial charge on any atom is -0.513 e. The maximum Gasteiger partial charge on any atom is 3.00 e. The van der Waals surface area contributed by atoms with Gasteiger partial charge in [0.1, 0.15) is 0 Å². The van der Waals surface area contributed by atoms with Gasteiger partial charge in [0.2, 0.25) is 0 Å². The van der Waals surface area contributed by atoms with Gasteiger partial charge in [-0.15, -0.1) is 41.6 Å². The number of hydrogen-bond donors (Lipinski definition) is 0. The first kappa shape index (κ1) is 39.4. The van der Waals surface area contributed by atoms with Crippen LogP contribution in [0.4, 0.5) is 5.69 Å². The average Bonchev–Trinajstić information content (AvgIpc) is 3.85. The van der Waals surface area contributed by atoms with Gasteiger partial charge in [-0.05, 0) is 64.6 Å². The number of para-hydroxylation sites is 2. The van der Waals surface area contributed by atoms with Crippen molar-refractivity contribution in [2.45, 2.75) is 59.3 Å². The Bertz CT molecular complexity index is 2220. The molecule has 3 nitrogen and oxygen atoms in total. The van der Waals surface area contributed by atoms with Crippen LogP contribution < -0.4 is 4.90 Å². The Morgan fingerprint density at radius 2 is 1.20 bits per heavy atom. The van der Waals surface area contributed by atoms with Gasteiger partial charge < -0.3 is 9.47 Å². The van der Waals surface area contributed by atoms with Crippen molar-refractivity contribution < 1.29 is 20.1 Å². The monoisotopic (exact) mass is 895 g/mol. The van der Waals surface area contributed by atoms with Gasteiger partial charge in [0.25, 0.3) is 0 Å². The van der Waals surface area contributed by atoms with Crippen LogP contribution in [0.25, 0.3) is 28.3 Å². The first-order valence-corrected chi connectivity index (χ1v) is 19.0. The Morgan fingerprint density at radius 3 is 1.78 bits per heavy atom. The molecule has 8 rings (SSSR count). The Kier molecular flexibility index (Phi) is 12.8. The van der Waals surface area contributed by atoms with Crippen molar-refractivity contribution >= 4 is 17.0 Å². The van der Waals surface area contributed by atoms with E-state index in [0.29, 0.717) is 11.8 Å². The summed E-state index contributed by atoms with van der Waals surface area (Å²) < 4.78 is 2.22. The fraction of sp³-hybridized carbons (Fsp3) is 0.176. The number of rotatable bonds is 8. The normalized spacial score (nSPS) is 13.8. The molecule has 2 heterocycles. The maximum atomic E-state index is 4.60. The number of hydrogen-bond acceptors (Lipinski definition) is 2.